The second-order valence-electron chi connectivity index (χ2n) is 7.20. The van der Waals surface area contributed by atoms with E-state index >= 15 is 0 Å². The zero-order chi connectivity index (χ0) is 19.8. The lowest BCUT2D eigenvalue weighted by atomic mass is 9.94. The molecule has 1 unspecified atom stereocenters. The maximum absolute atomic E-state index is 13.3. The van der Waals surface area contributed by atoms with Crippen molar-refractivity contribution in [3.8, 4) is 0 Å². The van der Waals surface area contributed by atoms with Crippen LogP contribution in [0, 0.1) is 5.82 Å². The number of aliphatic hydroxyl groups excluding tert-OH is 1. The monoisotopic (exact) mass is 399 g/mol. The number of carbonyl (C=O) groups is 2. The van der Waals surface area contributed by atoms with Gasteiger partial charge in [-0.15, -0.1) is 0 Å². The van der Waals surface area contributed by atoms with Gasteiger partial charge in [0.25, 0.3) is 11.7 Å². The molecule has 2 aromatic carbocycles. The highest BCUT2D eigenvalue weighted by atomic mass is 35.5. The summed E-state index contributed by atoms with van der Waals surface area (Å²) in [6.45, 7) is 0. The topological polar surface area (TPSA) is 57.6 Å². The minimum Gasteiger partial charge on any atom is -0.507 e. The Bertz CT molecular complexity index is 947. The number of amides is 1. The molecule has 2 aromatic rings. The third-order valence-electron chi connectivity index (χ3n) is 5.50. The first kappa shape index (κ1) is 18.7. The summed E-state index contributed by atoms with van der Waals surface area (Å²) in [5.74, 6) is -2.06. The van der Waals surface area contributed by atoms with Crippen molar-refractivity contribution in [2.24, 2.45) is 0 Å². The molecule has 1 amide bonds. The predicted molar refractivity (Wildman–Crippen MR) is 104 cm³/mol. The standard InChI is InChI=1S/C22H19ClFNO3/c23-15-9-5-13(6-10-15)19-18(20(26)14-7-11-16(24)12-8-14)21(27)22(28)25(19)17-3-1-2-4-17/h5-12,17,19,26H,1-4H2/b20-18-. The quantitative estimate of drug-likeness (QED) is 0.456. The largest absolute Gasteiger partial charge is 0.507 e. The van der Waals surface area contributed by atoms with Crippen LogP contribution in [-0.4, -0.2) is 27.7 Å². The minimum absolute atomic E-state index is 0.0332. The summed E-state index contributed by atoms with van der Waals surface area (Å²) in [6, 6.07) is 11.4. The normalized spacial score (nSPS) is 22.2. The number of ketones is 1. The van der Waals surface area contributed by atoms with Crippen molar-refractivity contribution < 1.29 is 19.1 Å². The van der Waals surface area contributed by atoms with Gasteiger partial charge in [-0.2, -0.15) is 0 Å². The molecule has 1 aliphatic heterocycles. The van der Waals surface area contributed by atoms with Gasteiger partial charge >= 0.3 is 0 Å². The van der Waals surface area contributed by atoms with Crippen molar-refractivity contribution in [1.29, 1.82) is 0 Å². The van der Waals surface area contributed by atoms with E-state index < -0.39 is 23.5 Å². The maximum atomic E-state index is 13.3. The van der Waals surface area contributed by atoms with Crippen molar-refractivity contribution in [3.05, 3.63) is 76.1 Å². The fourth-order valence-corrected chi connectivity index (χ4v) is 4.27. The highest BCUT2D eigenvalue weighted by Crippen LogP contribution is 2.43. The van der Waals surface area contributed by atoms with Crippen LogP contribution in [0.5, 0.6) is 0 Å². The average molecular weight is 400 g/mol. The number of aliphatic hydroxyl groups is 1. The number of benzene rings is 2. The molecular formula is C22H19ClFNO3. The lowest BCUT2D eigenvalue weighted by molar-refractivity contribution is -0.141. The Kier molecular flexibility index (Phi) is 4.94. The van der Waals surface area contributed by atoms with Gasteiger partial charge in [0, 0.05) is 16.6 Å². The number of Topliss-reactive ketones (excluding diaryl/α,β-unsaturated/α-hetero) is 1. The molecule has 0 aromatic heterocycles. The van der Waals surface area contributed by atoms with Gasteiger partial charge in [-0.25, -0.2) is 4.39 Å². The number of hydrogen-bond acceptors (Lipinski definition) is 3. The summed E-state index contributed by atoms with van der Waals surface area (Å²) in [6.07, 6.45) is 3.65. The van der Waals surface area contributed by atoms with Gasteiger partial charge in [0.05, 0.1) is 11.6 Å². The first-order valence-electron chi connectivity index (χ1n) is 9.29. The molecule has 1 heterocycles. The number of hydrogen-bond donors (Lipinski definition) is 1. The number of likely N-dealkylation sites (tertiary alicyclic amines) is 1. The molecule has 2 aliphatic rings. The van der Waals surface area contributed by atoms with Gasteiger partial charge in [0.1, 0.15) is 11.6 Å². The van der Waals surface area contributed by atoms with Crippen LogP contribution in [0.25, 0.3) is 5.76 Å². The summed E-state index contributed by atoms with van der Waals surface area (Å²) in [4.78, 5) is 27.4. The molecule has 1 saturated heterocycles. The number of nitrogens with zero attached hydrogens (tertiary/aromatic N) is 1. The molecule has 0 radical (unpaired) electrons. The SMILES string of the molecule is O=C1C(=O)N(C2CCCC2)C(c2ccc(Cl)cc2)/C1=C(/O)c1ccc(F)cc1. The lowest BCUT2D eigenvalue weighted by Crippen LogP contribution is -2.37. The molecule has 1 atom stereocenters. The van der Waals surface area contributed by atoms with Crippen molar-refractivity contribution in [2.75, 3.05) is 0 Å². The van der Waals surface area contributed by atoms with Crippen LogP contribution in [-0.2, 0) is 9.59 Å². The summed E-state index contributed by atoms with van der Waals surface area (Å²) < 4.78 is 13.3. The molecule has 1 saturated carbocycles. The second-order valence-corrected chi connectivity index (χ2v) is 7.64. The number of rotatable bonds is 3. The summed E-state index contributed by atoms with van der Waals surface area (Å²) >= 11 is 6.00. The van der Waals surface area contributed by atoms with E-state index in [9.17, 15) is 19.1 Å². The third kappa shape index (κ3) is 3.20. The molecule has 4 rings (SSSR count). The van der Waals surface area contributed by atoms with Crippen LogP contribution in [0.4, 0.5) is 4.39 Å². The fraction of sp³-hybridized carbons (Fsp3) is 0.273. The van der Waals surface area contributed by atoms with Gasteiger partial charge in [-0.1, -0.05) is 36.6 Å². The Morgan fingerprint density at radius 3 is 2.21 bits per heavy atom. The molecule has 0 bridgehead atoms. The van der Waals surface area contributed by atoms with Gasteiger partial charge < -0.3 is 10.0 Å². The van der Waals surface area contributed by atoms with Crippen molar-refractivity contribution in [3.63, 3.8) is 0 Å². The molecule has 6 heteroatoms. The van der Waals surface area contributed by atoms with E-state index in [0.29, 0.717) is 16.1 Å². The van der Waals surface area contributed by atoms with Crippen LogP contribution in [0.15, 0.2) is 54.1 Å². The zero-order valence-electron chi connectivity index (χ0n) is 15.1. The first-order valence-corrected chi connectivity index (χ1v) is 9.66. The van der Waals surface area contributed by atoms with Crippen LogP contribution >= 0.6 is 11.6 Å². The maximum Gasteiger partial charge on any atom is 0.295 e. The van der Waals surface area contributed by atoms with Crippen LogP contribution in [0.2, 0.25) is 5.02 Å². The molecule has 1 N–H and O–H groups in total. The minimum atomic E-state index is -0.714. The predicted octanol–water partition coefficient (Wildman–Crippen LogP) is 4.84. The third-order valence-corrected chi connectivity index (χ3v) is 5.75. The van der Waals surface area contributed by atoms with E-state index in [0.717, 1.165) is 25.7 Å². The Labute approximate surface area is 167 Å². The van der Waals surface area contributed by atoms with Gasteiger partial charge in [-0.3, -0.25) is 9.59 Å². The molecule has 4 nitrogen and oxygen atoms in total. The Morgan fingerprint density at radius 1 is 1.00 bits per heavy atom. The average Bonchev–Trinajstić information content (AvgIpc) is 3.30. The molecule has 1 aliphatic carbocycles. The summed E-state index contributed by atoms with van der Waals surface area (Å²) in [7, 11) is 0. The van der Waals surface area contributed by atoms with E-state index in [-0.39, 0.29) is 17.4 Å². The smallest absolute Gasteiger partial charge is 0.295 e. The highest BCUT2D eigenvalue weighted by molar-refractivity contribution is 6.46. The first-order chi connectivity index (χ1) is 13.5. The van der Waals surface area contributed by atoms with Crippen LogP contribution in [0.3, 0.4) is 0 Å². The van der Waals surface area contributed by atoms with E-state index in [1.165, 1.54) is 24.3 Å². The van der Waals surface area contributed by atoms with Gasteiger partial charge in [-0.05, 0) is 54.8 Å². The van der Waals surface area contributed by atoms with E-state index in [2.05, 4.69) is 0 Å². The molecular weight excluding hydrogens is 381 g/mol. The van der Waals surface area contributed by atoms with E-state index in [1.54, 1.807) is 29.2 Å². The fourth-order valence-electron chi connectivity index (χ4n) is 4.14. The zero-order valence-corrected chi connectivity index (χ0v) is 15.8. The lowest BCUT2D eigenvalue weighted by Gasteiger charge is -2.30. The number of carbonyl (C=O) groups excluding carboxylic acids is 2. The Morgan fingerprint density at radius 2 is 1.61 bits per heavy atom. The van der Waals surface area contributed by atoms with Gasteiger partial charge in [0.2, 0.25) is 0 Å². The van der Waals surface area contributed by atoms with Crippen LogP contribution < -0.4 is 0 Å². The van der Waals surface area contributed by atoms with Crippen molar-refractivity contribution in [2.45, 2.75) is 37.8 Å². The molecule has 144 valence electrons. The summed E-state index contributed by atoms with van der Waals surface area (Å²) in [5, 5.41) is 11.4. The Hall–Kier alpha value is -2.66. The molecule has 0 spiro atoms. The van der Waals surface area contributed by atoms with Crippen LogP contribution in [0.1, 0.15) is 42.9 Å². The van der Waals surface area contributed by atoms with Crippen molar-refractivity contribution in [1.82, 2.24) is 4.90 Å². The summed E-state index contributed by atoms with van der Waals surface area (Å²) in [5.41, 5.74) is 1.04. The van der Waals surface area contributed by atoms with Gasteiger partial charge in [0.15, 0.2) is 0 Å². The molecule has 28 heavy (non-hydrogen) atoms. The van der Waals surface area contributed by atoms with E-state index in [1.807, 2.05) is 0 Å². The highest BCUT2D eigenvalue weighted by Gasteiger charge is 2.49. The molecule has 2 fully saturated rings. The van der Waals surface area contributed by atoms with Crippen molar-refractivity contribution >= 4 is 29.1 Å². The van der Waals surface area contributed by atoms with E-state index in [4.69, 9.17) is 11.6 Å². The Balaban J connectivity index is 1.87. The number of halogens is 2. The second kappa shape index (κ2) is 7.40.